The van der Waals surface area contributed by atoms with E-state index in [1.54, 1.807) is 6.92 Å². The molecule has 0 aromatic rings. The highest BCUT2D eigenvalue weighted by molar-refractivity contribution is 7.86. The third-order valence-corrected chi connectivity index (χ3v) is 8.86. The zero-order chi connectivity index (χ0) is 24.8. The van der Waals surface area contributed by atoms with Crippen molar-refractivity contribution in [2.75, 3.05) is 26.2 Å². The van der Waals surface area contributed by atoms with Crippen LogP contribution in [0.15, 0.2) is 0 Å². The van der Waals surface area contributed by atoms with Gasteiger partial charge in [-0.25, -0.2) is 0 Å². The number of hydrogen-bond acceptors (Lipinski definition) is 9. The van der Waals surface area contributed by atoms with E-state index in [2.05, 4.69) is 0 Å². The van der Waals surface area contributed by atoms with Crippen molar-refractivity contribution in [3.63, 3.8) is 0 Å². The van der Waals surface area contributed by atoms with E-state index in [1.165, 1.54) is 11.2 Å². The van der Waals surface area contributed by atoms with Gasteiger partial charge in [-0.2, -0.15) is 17.0 Å². The van der Waals surface area contributed by atoms with Crippen molar-refractivity contribution < 1.29 is 42.3 Å². The monoisotopic (exact) mass is 490 g/mol. The van der Waals surface area contributed by atoms with Crippen molar-refractivity contribution in [3.8, 4) is 0 Å². The molecule has 1 saturated carbocycles. The van der Waals surface area contributed by atoms with Crippen molar-refractivity contribution in [1.29, 1.82) is 0 Å². The van der Waals surface area contributed by atoms with E-state index in [1.807, 2.05) is 0 Å². The Balaban J connectivity index is 1.62. The highest BCUT2D eigenvalue weighted by Crippen LogP contribution is 2.36. The molecule has 2 aliphatic heterocycles. The van der Waals surface area contributed by atoms with Crippen LogP contribution < -0.4 is 11.5 Å². The van der Waals surface area contributed by atoms with E-state index in [4.69, 9.17) is 25.9 Å². The van der Waals surface area contributed by atoms with Gasteiger partial charge < -0.3 is 31.0 Å². The molecular formula is C18H31BN4O9S. The van der Waals surface area contributed by atoms with Crippen LogP contribution in [0.25, 0.3) is 0 Å². The summed E-state index contributed by atoms with van der Waals surface area (Å²) in [5.74, 6) is -4.23. The maximum Gasteiger partial charge on any atom is 0.527 e. The molecule has 3 rings (SSSR count). The quantitative estimate of drug-likeness (QED) is 0.201. The highest BCUT2D eigenvalue weighted by Gasteiger charge is 2.55. The molecule has 1 aliphatic carbocycles. The molecule has 3 fully saturated rings. The second kappa shape index (κ2) is 9.11. The molecular weight excluding hydrogens is 459 g/mol. The number of nitrogens with two attached hydrogens (primary N) is 2. The van der Waals surface area contributed by atoms with Crippen molar-refractivity contribution in [3.05, 3.63) is 0 Å². The first-order chi connectivity index (χ1) is 15.3. The van der Waals surface area contributed by atoms with Crippen LogP contribution in [0.3, 0.4) is 0 Å². The molecule has 5 atom stereocenters. The first kappa shape index (κ1) is 25.8. The fourth-order valence-corrected chi connectivity index (χ4v) is 6.29. The van der Waals surface area contributed by atoms with Gasteiger partial charge in [-0.05, 0) is 26.1 Å². The minimum atomic E-state index is -3.94. The van der Waals surface area contributed by atoms with Gasteiger partial charge in [-0.15, -0.1) is 0 Å². The summed E-state index contributed by atoms with van der Waals surface area (Å²) < 4.78 is 39.1. The highest BCUT2D eigenvalue weighted by atomic mass is 32.2. The van der Waals surface area contributed by atoms with Crippen molar-refractivity contribution >= 4 is 35.2 Å². The van der Waals surface area contributed by atoms with Gasteiger partial charge in [-0.3, -0.25) is 14.4 Å². The van der Waals surface area contributed by atoms with Gasteiger partial charge in [0, 0.05) is 37.6 Å². The van der Waals surface area contributed by atoms with E-state index >= 15 is 0 Å². The van der Waals surface area contributed by atoms with E-state index in [9.17, 15) is 27.9 Å². The number of nitrogens with zero attached hydrogens (tertiary/aromatic N) is 2. The molecule has 15 heteroatoms. The van der Waals surface area contributed by atoms with Crippen LogP contribution in [-0.4, -0.2) is 96.1 Å². The zero-order valence-electron chi connectivity index (χ0n) is 18.7. The number of carbonyl (C=O) groups excluding carboxylic acids is 1. The molecule has 0 aromatic heterocycles. The number of carboxylic acid groups (broad SMARTS) is 2. The van der Waals surface area contributed by atoms with Crippen LogP contribution in [0.4, 0.5) is 0 Å². The first-order valence-electron chi connectivity index (χ1n) is 10.9. The Hall–Kier alpha value is -1.78. The maximum absolute atomic E-state index is 13.1. The largest absolute Gasteiger partial charge is 0.527 e. The summed E-state index contributed by atoms with van der Waals surface area (Å²) in [6, 6.07) is -0.535. The summed E-state index contributed by atoms with van der Waals surface area (Å²) in [5.41, 5.74) is 8.45. The van der Waals surface area contributed by atoms with Crippen LogP contribution in [0.5, 0.6) is 0 Å². The molecule has 0 aromatic carbocycles. The van der Waals surface area contributed by atoms with Gasteiger partial charge in [0.2, 0.25) is 0 Å². The van der Waals surface area contributed by atoms with Gasteiger partial charge in [0.1, 0.15) is 5.54 Å². The summed E-state index contributed by atoms with van der Waals surface area (Å²) in [6.45, 7) is 2.36. The van der Waals surface area contributed by atoms with Crippen LogP contribution in [0.1, 0.15) is 33.1 Å². The molecule has 13 nitrogen and oxygen atoms in total. The summed E-state index contributed by atoms with van der Waals surface area (Å²) in [4.78, 5) is 35.2. The number of aliphatic carboxylic acids is 2. The van der Waals surface area contributed by atoms with Crippen LogP contribution in [0, 0.1) is 11.3 Å². The average molecular weight is 490 g/mol. The lowest BCUT2D eigenvalue weighted by Crippen LogP contribution is -2.55. The number of hydrogen-bond donors (Lipinski definition) is 4. The predicted molar refractivity (Wildman–Crippen MR) is 115 cm³/mol. The van der Waals surface area contributed by atoms with Gasteiger partial charge in [-0.1, -0.05) is 13.3 Å². The Bertz CT molecular complexity index is 921. The Morgan fingerprint density at radius 1 is 1.33 bits per heavy atom. The number of carbonyl (C=O) groups is 3. The summed E-state index contributed by atoms with van der Waals surface area (Å²) in [5, 5.41) is 18.9. The molecule has 0 bridgehead atoms. The summed E-state index contributed by atoms with van der Waals surface area (Å²) in [6.07, 6.45) is 1.32. The third kappa shape index (κ3) is 4.75. The van der Waals surface area contributed by atoms with Gasteiger partial charge in [0.05, 0.1) is 6.61 Å². The summed E-state index contributed by atoms with van der Waals surface area (Å²) in [7, 11) is -4.90. The molecule has 2 heterocycles. The van der Waals surface area contributed by atoms with E-state index in [0.29, 0.717) is 12.8 Å². The zero-order valence-corrected chi connectivity index (χ0v) is 19.5. The van der Waals surface area contributed by atoms with E-state index in [-0.39, 0.29) is 51.1 Å². The minimum absolute atomic E-state index is 0.0635. The van der Waals surface area contributed by atoms with Crippen molar-refractivity contribution in [2.24, 2.45) is 22.8 Å². The summed E-state index contributed by atoms with van der Waals surface area (Å²) >= 11 is 0. The van der Waals surface area contributed by atoms with Gasteiger partial charge in [0.15, 0.2) is 5.41 Å². The Morgan fingerprint density at radius 2 is 1.97 bits per heavy atom. The minimum Gasteiger partial charge on any atom is -0.509 e. The maximum atomic E-state index is 13.1. The number of rotatable bonds is 10. The molecule has 2 saturated heterocycles. The topological polar surface area (TPSA) is 203 Å². The molecule has 186 valence electrons. The lowest BCUT2D eigenvalue weighted by Gasteiger charge is -2.31. The average Bonchev–Trinajstić information content (AvgIpc) is 3.32. The van der Waals surface area contributed by atoms with E-state index < -0.39 is 52.1 Å². The predicted octanol–water partition coefficient (Wildman–Crippen LogP) is -1.70. The number of carboxylic acids is 2. The Kier molecular flexibility index (Phi) is 7.14. The second-order valence-corrected chi connectivity index (χ2v) is 11.1. The fourth-order valence-electron chi connectivity index (χ4n) is 4.33. The van der Waals surface area contributed by atoms with Crippen LogP contribution in [-0.2, 0) is 33.9 Å². The lowest BCUT2D eigenvalue weighted by atomic mass is 9.75. The van der Waals surface area contributed by atoms with E-state index in [0.717, 1.165) is 4.31 Å². The molecule has 3 aliphatic rings. The molecule has 33 heavy (non-hydrogen) atoms. The van der Waals surface area contributed by atoms with Crippen molar-refractivity contribution in [2.45, 2.75) is 57.1 Å². The second-order valence-electron chi connectivity index (χ2n) is 9.23. The lowest BCUT2D eigenvalue weighted by molar-refractivity contribution is -0.169. The first-order valence-corrected chi connectivity index (χ1v) is 12.3. The van der Waals surface area contributed by atoms with Gasteiger partial charge >= 0.3 is 25.0 Å². The standard InChI is InChI=1S/C18H31BN4O9S/c1-3-23(13-7-12(13)20)33(29,30)22-8-11(18(21,9-22)15(26)27)5-4-6-19-31-10-17(2,14(24)25)16(28)32-19/h11-13H,3-10,20-21H2,1-2H3,(H,24,25)(H,26,27)/t11-,12+,13+,17?,18-/m0/s1. The molecule has 1 unspecified atom stereocenters. The fraction of sp³-hybridized carbons (Fsp3) is 0.833. The third-order valence-electron chi connectivity index (χ3n) is 6.81. The molecule has 0 radical (unpaired) electrons. The van der Waals surface area contributed by atoms with Crippen LogP contribution >= 0.6 is 0 Å². The van der Waals surface area contributed by atoms with Crippen molar-refractivity contribution in [1.82, 2.24) is 8.61 Å². The number of likely N-dealkylation sites (N-methyl/N-ethyl adjacent to an activating group) is 1. The molecule has 0 amide bonds. The molecule has 0 spiro atoms. The van der Waals surface area contributed by atoms with Crippen LogP contribution in [0.2, 0.25) is 6.32 Å². The van der Waals surface area contributed by atoms with Gasteiger partial charge in [0.25, 0.3) is 10.2 Å². The smallest absolute Gasteiger partial charge is 0.509 e. The Labute approximate surface area is 192 Å². The Morgan fingerprint density at radius 3 is 2.45 bits per heavy atom. The normalized spacial score (nSPS) is 35.0. The SMILES string of the molecule is CCN([C@@H]1C[C@H]1N)S(=O)(=O)N1C[C@H](CCCB2OCC(C)(C(=O)O)C(=O)O2)[C@](N)(C(=O)O)C1. The molecule has 6 N–H and O–H groups in total.